The summed E-state index contributed by atoms with van der Waals surface area (Å²) in [5.74, 6) is 2.58. The second-order valence-corrected chi connectivity index (χ2v) is 11.1. The summed E-state index contributed by atoms with van der Waals surface area (Å²) in [6.45, 7) is 11.8. The van der Waals surface area contributed by atoms with Gasteiger partial charge in [-0.15, -0.1) is 0 Å². The van der Waals surface area contributed by atoms with Gasteiger partial charge in [0.25, 0.3) is 0 Å². The lowest BCUT2D eigenvalue weighted by Gasteiger charge is -2.07. The predicted molar refractivity (Wildman–Crippen MR) is 190 cm³/mol. The Morgan fingerprint density at radius 3 is 1.35 bits per heavy atom. The minimum atomic E-state index is 0.150. The van der Waals surface area contributed by atoms with Gasteiger partial charge in [-0.25, -0.2) is 0 Å². The van der Waals surface area contributed by atoms with Gasteiger partial charge in [-0.3, -0.25) is 0 Å². The molecule has 3 rings (SSSR count). The summed E-state index contributed by atoms with van der Waals surface area (Å²) in [5.41, 5.74) is 3.00. The average molecular weight is 677 g/mol. The third-order valence-corrected chi connectivity index (χ3v) is 6.63. The Morgan fingerprint density at radius 2 is 1.02 bits per heavy atom. The van der Waals surface area contributed by atoms with Crippen molar-refractivity contribution in [1.29, 1.82) is 0 Å². The van der Waals surface area contributed by atoms with Crippen molar-refractivity contribution in [3.63, 3.8) is 0 Å². The largest absolute Gasteiger partial charge is 0.504 e. The average Bonchev–Trinajstić information content (AvgIpc) is 3.08. The Hall–Kier alpha value is -3.70. The van der Waals surface area contributed by atoms with E-state index in [2.05, 4.69) is 20.8 Å². The van der Waals surface area contributed by atoms with Gasteiger partial charge in [-0.05, 0) is 78.8 Å². The number of phenols is 3. The Labute approximate surface area is 288 Å². The first-order chi connectivity index (χ1) is 23.1. The second-order valence-electron chi connectivity index (χ2n) is 11.1. The number of phenolic OH excluding ortho intramolecular Hbond substituents is 3. The number of hydrogen-bond donors (Lipinski definition) is 4. The Morgan fingerprint density at radius 1 is 0.583 bits per heavy atom. The van der Waals surface area contributed by atoms with Crippen LogP contribution in [0.3, 0.4) is 0 Å². The van der Waals surface area contributed by atoms with Crippen molar-refractivity contribution in [2.75, 3.05) is 48.3 Å². The van der Waals surface area contributed by atoms with E-state index in [1.807, 2.05) is 19.1 Å². The van der Waals surface area contributed by atoms with E-state index in [-0.39, 0.29) is 17.2 Å². The summed E-state index contributed by atoms with van der Waals surface area (Å²) < 4.78 is 30.6. The van der Waals surface area contributed by atoms with Gasteiger partial charge in [-0.2, -0.15) is 0 Å². The normalized spacial score (nSPS) is 10.1. The third kappa shape index (κ3) is 20.5. The van der Waals surface area contributed by atoms with E-state index in [0.29, 0.717) is 56.2 Å². The fourth-order valence-corrected chi connectivity index (χ4v) is 3.90. The number of aliphatic hydroxyl groups is 1. The van der Waals surface area contributed by atoms with E-state index in [1.165, 1.54) is 33.5 Å². The van der Waals surface area contributed by atoms with E-state index < -0.39 is 0 Å². The lowest BCUT2D eigenvalue weighted by molar-refractivity contribution is 0.116. The molecule has 0 bridgehead atoms. The molecule has 272 valence electrons. The van der Waals surface area contributed by atoms with E-state index >= 15 is 0 Å². The first kappa shape index (κ1) is 44.3. The summed E-state index contributed by atoms with van der Waals surface area (Å²) in [4.78, 5) is 0. The lowest BCUT2D eigenvalue weighted by atomic mass is 10.2. The van der Waals surface area contributed by atoms with Crippen LogP contribution < -0.4 is 14.2 Å². The Bertz CT molecular complexity index is 1220. The van der Waals surface area contributed by atoms with Crippen LogP contribution in [0.1, 0.15) is 76.5 Å². The molecule has 0 amide bonds. The topological polar surface area (TPSA) is 136 Å². The Kier molecular flexibility index (Phi) is 26.1. The van der Waals surface area contributed by atoms with Crippen LogP contribution in [-0.2, 0) is 34.0 Å². The lowest BCUT2D eigenvalue weighted by Crippen LogP contribution is -1.96. The molecule has 0 unspecified atom stereocenters. The minimum absolute atomic E-state index is 0.150. The summed E-state index contributed by atoms with van der Waals surface area (Å²) in [7, 11) is 6.22. The quantitative estimate of drug-likeness (QED) is 0.104. The number of rotatable bonds is 17. The molecule has 0 heterocycles. The SMILES string of the molecule is CC(C)CCO.CCCCCCOCc1ccc(O)c(OC)c1.CCOCc1ccc(O)c(OC)c1.COCc1ccc(O)c(OC)c1. The molecule has 0 radical (unpaired) electrons. The van der Waals surface area contributed by atoms with Crippen LogP contribution in [0.4, 0.5) is 0 Å². The number of unbranched alkanes of at least 4 members (excludes halogenated alkanes) is 3. The standard InChI is InChI=1S/C14H22O3.C10H14O3.C9H12O3.C5H12O/c1-3-4-5-6-9-17-11-12-7-8-13(15)14(10-12)16-2;1-3-13-7-8-4-5-9(11)10(6-8)12-2;1-11-6-7-3-4-8(10)9(5-7)12-2;1-5(2)3-4-6/h7-8,10,15H,3-6,9,11H2,1-2H3;4-6,11H,3,7H2,1-2H3;3-5,10H,6H2,1-2H3;5-6H,3-4H2,1-2H3. The monoisotopic (exact) mass is 676 g/mol. The molecule has 4 N–H and O–H groups in total. The molecule has 3 aromatic rings. The van der Waals surface area contributed by atoms with Crippen LogP contribution in [-0.4, -0.2) is 68.7 Å². The van der Waals surface area contributed by atoms with E-state index in [1.54, 1.807) is 56.7 Å². The third-order valence-electron chi connectivity index (χ3n) is 6.63. The van der Waals surface area contributed by atoms with Crippen molar-refractivity contribution in [3.8, 4) is 34.5 Å². The molecule has 0 aromatic heterocycles. The van der Waals surface area contributed by atoms with Crippen molar-refractivity contribution >= 4 is 0 Å². The van der Waals surface area contributed by atoms with E-state index in [4.69, 9.17) is 33.5 Å². The van der Waals surface area contributed by atoms with Gasteiger partial charge in [0.2, 0.25) is 0 Å². The zero-order valence-corrected chi connectivity index (χ0v) is 30.3. The van der Waals surface area contributed by atoms with Gasteiger partial charge in [0.1, 0.15) is 0 Å². The van der Waals surface area contributed by atoms with Crippen molar-refractivity contribution in [3.05, 3.63) is 71.3 Å². The molecule has 3 aromatic carbocycles. The van der Waals surface area contributed by atoms with Gasteiger partial charge in [0.15, 0.2) is 34.5 Å². The van der Waals surface area contributed by atoms with Crippen molar-refractivity contribution < 1.29 is 48.8 Å². The van der Waals surface area contributed by atoms with Crippen LogP contribution in [0, 0.1) is 5.92 Å². The highest BCUT2D eigenvalue weighted by atomic mass is 16.5. The van der Waals surface area contributed by atoms with Crippen LogP contribution in [0.25, 0.3) is 0 Å². The van der Waals surface area contributed by atoms with E-state index in [0.717, 1.165) is 36.1 Å². The highest BCUT2D eigenvalue weighted by Crippen LogP contribution is 2.28. The zero-order chi connectivity index (χ0) is 36.2. The molecule has 0 aliphatic rings. The predicted octanol–water partition coefficient (Wildman–Crippen LogP) is 8.01. The number of hydrogen-bond acceptors (Lipinski definition) is 10. The van der Waals surface area contributed by atoms with Crippen LogP contribution in [0.5, 0.6) is 34.5 Å². The maximum Gasteiger partial charge on any atom is 0.160 e. The molecule has 0 aliphatic heterocycles. The highest BCUT2D eigenvalue weighted by Gasteiger charge is 2.04. The Balaban J connectivity index is 0.000000645. The second kappa shape index (κ2) is 28.3. The number of aliphatic hydroxyl groups excluding tert-OH is 1. The molecular weight excluding hydrogens is 616 g/mol. The molecule has 0 fully saturated rings. The first-order valence-electron chi connectivity index (χ1n) is 16.4. The molecular formula is C38H60O10. The van der Waals surface area contributed by atoms with Gasteiger partial charge in [0.05, 0.1) is 41.2 Å². The van der Waals surface area contributed by atoms with Crippen LogP contribution in [0.2, 0.25) is 0 Å². The summed E-state index contributed by atoms with van der Waals surface area (Å²) >= 11 is 0. The number of benzene rings is 3. The maximum atomic E-state index is 9.44. The fourth-order valence-electron chi connectivity index (χ4n) is 3.90. The van der Waals surface area contributed by atoms with Crippen LogP contribution in [0.15, 0.2) is 54.6 Å². The number of methoxy groups -OCH3 is 4. The summed E-state index contributed by atoms with van der Waals surface area (Å²) in [5, 5.41) is 36.2. The van der Waals surface area contributed by atoms with E-state index in [9.17, 15) is 15.3 Å². The minimum Gasteiger partial charge on any atom is -0.504 e. The van der Waals surface area contributed by atoms with Crippen LogP contribution >= 0.6 is 0 Å². The molecule has 0 saturated heterocycles. The molecule has 10 heteroatoms. The van der Waals surface area contributed by atoms with Crippen molar-refractivity contribution in [1.82, 2.24) is 0 Å². The smallest absolute Gasteiger partial charge is 0.160 e. The molecule has 0 saturated carbocycles. The number of ether oxygens (including phenoxy) is 6. The molecule has 0 aliphatic carbocycles. The number of aromatic hydroxyl groups is 3. The molecule has 0 spiro atoms. The summed E-state index contributed by atoms with van der Waals surface area (Å²) in [6, 6.07) is 15.6. The fraction of sp³-hybridized carbons (Fsp3) is 0.526. The highest BCUT2D eigenvalue weighted by molar-refractivity contribution is 5.43. The zero-order valence-electron chi connectivity index (χ0n) is 30.3. The first-order valence-corrected chi connectivity index (χ1v) is 16.4. The van der Waals surface area contributed by atoms with Gasteiger partial charge in [-0.1, -0.05) is 58.2 Å². The maximum absolute atomic E-state index is 9.44. The van der Waals surface area contributed by atoms with Crippen molar-refractivity contribution in [2.45, 2.75) is 79.6 Å². The van der Waals surface area contributed by atoms with Crippen molar-refractivity contribution in [2.24, 2.45) is 5.92 Å². The molecule has 0 atom stereocenters. The van der Waals surface area contributed by atoms with Gasteiger partial charge >= 0.3 is 0 Å². The summed E-state index contributed by atoms with van der Waals surface area (Å²) in [6.07, 6.45) is 5.80. The molecule has 10 nitrogen and oxygen atoms in total. The van der Waals surface area contributed by atoms with Gasteiger partial charge in [0, 0.05) is 26.9 Å². The van der Waals surface area contributed by atoms with Gasteiger partial charge < -0.3 is 48.8 Å². The molecule has 48 heavy (non-hydrogen) atoms.